The summed E-state index contributed by atoms with van der Waals surface area (Å²) >= 11 is 0. The number of nitrogens with zero attached hydrogens (tertiary/aromatic N) is 4. The van der Waals surface area contributed by atoms with Gasteiger partial charge in [-0.25, -0.2) is 0 Å². The highest BCUT2D eigenvalue weighted by molar-refractivity contribution is 6.12. The van der Waals surface area contributed by atoms with Crippen LogP contribution in [0.5, 0.6) is 0 Å². The van der Waals surface area contributed by atoms with Crippen molar-refractivity contribution >= 4 is 43.6 Å². The molecule has 0 N–H and O–H groups in total. The topological polar surface area (TPSA) is 57.4 Å². The van der Waals surface area contributed by atoms with E-state index in [4.69, 9.17) is 0 Å². The van der Waals surface area contributed by atoms with Crippen LogP contribution >= 0.6 is 0 Å². The summed E-state index contributed by atoms with van der Waals surface area (Å²) in [6.45, 7) is 12.9. The maximum atomic E-state index is 14.0. The molecule has 338 valence electrons. The minimum absolute atomic E-state index is 0.102. The number of alkyl halides is 3. The fourth-order valence-electron chi connectivity index (χ4n) is 11.2. The summed E-state index contributed by atoms with van der Waals surface area (Å²) in [5.41, 5.74) is 19.0. The van der Waals surface area contributed by atoms with Gasteiger partial charge in [-0.1, -0.05) is 96.1 Å². The van der Waals surface area contributed by atoms with Crippen molar-refractivity contribution in [2.45, 2.75) is 47.7 Å². The van der Waals surface area contributed by atoms with Crippen molar-refractivity contribution in [2.24, 2.45) is 0 Å². The summed E-state index contributed by atoms with van der Waals surface area (Å²) in [5, 5.41) is 25.5. The highest BCUT2D eigenvalue weighted by atomic mass is 19.4. The molecular formula is C63H45F3N4. The minimum Gasteiger partial charge on any atom is -0.309 e. The normalized spacial score (nSPS) is 11.8. The van der Waals surface area contributed by atoms with Gasteiger partial charge in [0.15, 0.2) is 0 Å². The van der Waals surface area contributed by atoms with Gasteiger partial charge >= 0.3 is 6.18 Å². The van der Waals surface area contributed by atoms with E-state index in [1.165, 1.54) is 50.6 Å². The molecule has 2 heterocycles. The lowest BCUT2D eigenvalue weighted by Crippen LogP contribution is -2.05. The molecule has 0 aliphatic heterocycles. The summed E-state index contributed by atoms with van der Waals surface area (Å²) in [5.74, 6) is 0. The predicted molar refractivity (Wildman–Crippen MR) is 280 cm³/mol. The van der Waals surface area contributed by atoms with E-state index in [0.717, 1.165) is 78.2 Å². The van der Waals surface area contributed by atoms with Crippen LogP contribution in [0.15, 0.2) is 164 Å². The largest absolute Gasteiger partial charge is 0.416 e. The molecular weight excluding hydrogens is 870 g/mol. The number of aryl methyl sites for hydroxylation is 6. The Morgan fingerprint density at radius 1 is 0.400 bits per heavy atom. The number of rotatable bonds is 6. The SMILES string of the molecule is Cc1cc(C)c(-c2ccc3c(c2)c2ccccc2n3-c2ccc(C#N)c(-c3cc(-c4ccc(C(F)(F)F)cc4C#N)ccc3-n3c4ccccc4c4cc(-c5c(C)cc(C)cc5C)ccc43)c2)c(C)c1. The van der Waals surface area contributed by atoms with E-state index >= 15 is 0 Å². The van der Waals surface area contributed by atoms with E-state index in [-0.39, 0.29) is 5.56 Å². The van der Waals surface area contributed by atoms with Crippen molar-refractivity contribution in [3.8, 4) is 68.0 Å². The quantitative estimate of drug-likeness (QED) is 0.167. The molecule has 70 heavy (non-hydrogen) atoms. The molecule has 9 aromatic carbocycles. The van der Waals surface area contributed by atoms with Crippen LogP contribution in [0.2, 0.25) is 0 Å². The number of nitriles is 2. The minimum atomic E-state index is -4.62. The van der Waals surface area contributed by atoms with E-state index < -0.39 is 11.7 Å². The van der Waals surface area contributed by atoms with Gasteiger partial charge in [-0.05, 0) is 176 Å². The Morgan fingerprint density at radius 3 is 1.44 bits per heavy atom. The Labute approximate surface area is 404 Å². The van der Waals surface area contributed by atoms with Crippen LogP contribution in [-0.4, -0.2) is 9.13 Å². The van der Waals surface area contributed by atoms with Crippen LogP contribution < -0.4 is 0 Å². The molecule has 0 fully saturated rings. The maximum absolute atomic E-state index is 14.0. The third-order valence-corrected chi connectivity index (χ3v) is 14.0. The molecule has 0 radical (unpaired) electrons. The molecule has 7 heteroatoms. The first-order chi connectivity index (χ1) is 33.7. The number of aromatic nitrogens is 2. The lowest BCUT2D eigenvalue weighted by molar-refractivity contribution is -0.137. The molecule has 4 nitrogen and oxygen atoms in total. The highest BCUT2D eigenvalue weighted by Gasteiger charge is 2.31. The van der Waals surface area contributed by atoms with Gasteiger partial charge in [-0.2, -0.15) is 23.7 Å². The molecule has 0 saturated heterocycles. The predicted octanol–water partition coefficient (Wildman–Crippen LogP) is 17.2. The zero-order valence-corrected chi connectivity index (χ0v) is 39.5. The molecule has 0 aliphatic rings. The number of hydrogen-bond donors (Lipinski definition) is 0. The van der Waals surface area contributed by atoms with Gasteiger partial charge in [0.1, 0.15) is 0 Å². The van der Waals surface area contributed by atoms with Gasteiger partial charge < -0.3 is 9.13 Å². The Hall–Kier alpha value is -8.65. The molecule has 2 aromatic heterocycles. The lowest BCUT2D eigenvalue weighted by atomic mass is 9.91. The van der Waals surface area contributed by atoms with Crippen LogP contribution in [0, 0.1) is 64.2 Å². The zero-order valence-electron chi connectivity index (χ0n) is 39.5. The lowest BCUT2D eigenvalue weighted by Gasteiger charge is -2.19. The van der Waals surface area contributed by atoms with Gasteiger partial charge in [0.2, 0.25) is 0 Å². The summed E-state index contributed by atoms with van der Waals surface area (Å²) in [6, 6.07) is 58.1. The van der Waals surface area contributed by atoms with Crippen molar-refractivity contribution in [1.82, 2.24) is 9.13 Å². The average molecular weight is 915 g/mol. The third kappa shape index (κ3) is 7.13. The molecule has 0 unspecified atom stereocenters. The second-order valence-electron chi connectivity index (χ2n) is 18.7. The monoisotopic (exact) mass is 914 g/mol. The van der Waals surface area contributed by atoms with Crippen LogP contribution in [0.3, 0.4) is 0 Å². The number of para-hydroxylation sites is 2. The first-order valence-electron chi connectivity index (χ1n) is 23.3. The van der Waals surface area contributed by atoms with Crippen molar-refractivity contribution in [3.63, 3.8) is 0 Å². The van der Waals surface area contributed by atoms with Crippen molar-refractivity contribution < 1.29 is 13.2 Å². The summed E-state index contributed by atoms with van der Waals surface area (Å²) in [4.78, 5) is 0. The van der Waals surface area contributed by atoms with Crippen molar-refractivity contribution in [3.05, 3.63) is 214 Å². The van der Waals surface area contributed by atoms with Crippen LogP contribution in [0.4, 0.5) is 13.2 Å². The van der Waals surface area contributed by atoms with Crippen LogP contribution in [0.25, 0.3) is 99.5 Å². The summed E-state index contributed by atoms with van der Waals surface area (Å²) in [7, 11) is 0. The van der Waals surface area contributed by atoms with Crippen molar-refractivity contribution in [2.75, 3.05) is 0 Å². The van der Waals surface area contributed by atoms with Crippen molar-refractivity contribution in [1.29, 1.82) is 10.5 Å². The van der Waals surface area contributed by atoms with Gasteiger partial charge in [-0.15, -0.1) is 0 Å². The number of halogens is 3. The Bertz CT molecular complexity index is 4050. The number of benzene rings is 9. The third-order valence-electron chi connectivity index (χ3n) is 14.0. The molecule has 0 bridgehead atoms. The first kappa shape index (κ1) is 43.9. The fourth-order valence-corrected chi connectivity index (χ4v) is 11.2. The Kier molecular flexibility index (Phi) is 10.4. The van der Waals surface area contributed by atoms with Crippen LogP contribution in [0.1, 0.15) is 50.1 Å². The van der Waals surface area contributed by atoms with E-state index in [1.54, 1.807) is 0 Å². The van der Waals surface area contributed by atoms with E-state index in [1.807, 2.05) is 60.7 Å². The zero-order chi connectivity index (χ0) is 48.7. The van der Waals surface area contributed by atoms with E-state index in [9.17, 15) is 23.7 Å². The number of hydrogen-bond acceptors (Lipinski definition) is 2. The smallest absolute Gasteiger partial charge is 0.309 e. The summed E-state index contributed by atoms with van der Waals surface area (Å²) in [6.07, 6.45) is -4.62. The average Bonchev–Trinajstić information content (AvgIpc) is 3.84. The molecule has 0 aliphatic carbocycles. The van der Waals surface area contributed by atoms with E-state index in [2.05, 4.69) is 148 Å². The highest BCUT2D eigenvalue weighted by Crippen LogP contribution is 2.44. The molecule has 0 atom stereocenters. The summed E-state index contributed by atoms with van der Waals surface area (Å²) < 4.78 is 46.4. The molecule has 11 aromatic rings. The van der Waals surface area contributed by atoms with Crippen LogP contribution in [-0.2, 0) is 6.18 Å². The second kappa shape index (κ2) is 16.5. The standard InChI is InChI=1S/C63H45F3N4/c1-36-25-38(3)61(39(4)26-36)43-17-23-58-53(31-43)50-11-7-9-13-56(50)69(58)48-20-15-45(34-67)52(33-48)55-30-42(49-21-19-47(63(64,65)66)29-46(49)35-68)16-22-60(55)70-57-14-10-8-12-51(57)54-32-44(18-24-59(54)70)62-40(5)27-37(2)28-41(62)6/h7-33H,1-6H3. The van der Waals surface area contributed by atoms with Gasteiger partial charge in [-0.3, -0.25) is 0 Å². The second-order valence-corrected chi connectivity index (χ2v) is 18.7. The molecule has 11 rings (SSSR count). The fraction of sp³-hybridized carbons (Fsp3) is 0.111. The molecule has 0 spiro atoms. The first-order valence-corrected chi connectivity index (χ1v) is 23.3. The Balaban J connectivity index is 1.18. The van der Waals surface area contributed by atoms with Gasteiger partial charge in [0.05, 0.1) is 56.6 Å². The Morgan fingerprint density at radius 2 is 0.900 bits per heavy atom. The molecule has 0 saturated carbocycles. The van der Waals surface area contributed by atoms with Gasteiger partial charge in [0, 0.05) is 38.4 Å². The maximum Gasteiger partial charge on any atom is 0.416 e. The van der Waals surface area contributed by atoms with E-state index in [0.29, 0.717) is 27.8 Å². The number of fused-ring (bicyclic) bond motifs is 6. The van der Waals surface area contributed by atoms with Gasteiger partial charge in [0.25, 0.3) is 0 Å². The molecule has 0 amide bonds.